The summed E-state index contributed by atoms with van der Waals surface area (Å²) in [4.78, 5) is 12.0. The molecule has 0 radical (unpaired) electrons. The Morgan fingerprint density at radius 2 is 1.78 bits per heavy atom. The Balaban J connectivity index is 1.95. The molecule has 0 spiro atoms. The number of hydrogen-bond acceptors (Lipinski definition) is 2. The van der Waals surface area contributed by atoms with Gasteiger partial charge < -0.3 is 15.7 Å². The second kappa shape index (κ2) is 7.49. The zero-order chi connectivity index (χ0) is 17.0. The zero-order valence-corrected chi connectivity index (χ0v) is 14.2. The van der Waals surface area contributed by atoms with Crippen molar-refractivity contribution in [3.8, 4) is 0 Å². The van der Waals surface area contributed by atoms with E-state index in [1.54, 1.807) is 19.1 Å². The molecule has 0 bridgehead atoms. The molecule has 2 aromatic carbocycles. The van der Waals surface area contributed by atoms with Crippen molar-refractivity contribution in [1.29, 1.82) is 0 Å². The summed E-state index contributed by atoms with van der Waals surface area (Å²) in [5, 5.41) is 16.3. The van der Waals surface area contributed by atoms with Crippen LogP contribution < -0.4 is 10.6 Å². The third-order valence-corrected chi connectivity index (χ3v) is 4.09. The fourth-order valence-corrected chi connectivity index (χ4v) is 2.36. The molecule has 0 aliphatic carbocycles. The van der Waals surface area contributed by atoms with Crippen molar-refractivity contribution in [2.24, 2.45) is 0 Å². The largest absolute Gasteiger partial charge is 0.386 e. The molecule has 5 heteroatoms. The van der Waals surface area contributed by atoms with Crippen molar-refractivity contribution in [2.45, 2.75) is 32.9 Å². The number of rotatable bonds is 4. The first kappa shape index (κ1) is 17.3. The second-order valence-electron chi connectivity index (χ2n) is 5.71. The van der Waals surface area contributed by atoms with Crippen molar-refractivity contribution >= 4 is 23.3 Å². The molecule has 2 aromatic rings. The lowest BCUT2D eigenvalue weighted by Crippen LogP contribution is -2.39. The van der Waals surface area contributed by atoms with Crippen LogP contribution in [0.2, 0.25) is 5.02 Å². The minimum absolute atomic E-state index is 0.386. The van der Waals surface area contributed by atoms with Crippen molar-refractivity contribution in [3.63, 3.8) is 0 Å². The Hall–Kier alpha value is -2.04. The maximum absolute atomic E-state index is 12.0. The van der Waals surface area contributed by atoms with Gasteiger partial charge in [0.1, 0.15) is 0 Å². The molecule has 0 aliphatic heterocycles. The maximum atomic E-state index is 12.0. The van der Waals surface area contributed by atoms with Crippen LogP contribution in [-0.2, 0) is 0 Å². The van der Waals surface area contributed by atoms with Gasteiger partial charge in [-0.2, -0.15) is 0 Å². The molecule has 4 nitrogen and oxygen atoms in total. The van der Waals surface area contributed by atoms with Gasteiger partial charge in [-0.25, -0.2) is 4.79 Å². The molecule has 0 saturated carbocycles. The average molecular weight is 333 g/mol. The van der Waals surface area contributed by atoms with Crippen LogP contribution in [0, 0.1) is 13.8 Å². The van der Waals surface area contributed by atoms with Gasteiger partial charge in [-0.3, -0.25) is 0 Å². The maximum Gasteiger partial charge on any atom is 0.319 e. The Labute approximate surface area is 141 Å². The van der Waals surface area contributed by atoms with Gasteiger partial charge in [0, 0.05) is 10.7 Å². The van der Waals surface area contributed by atoms with Crippen LogP contribution in [0.25, 0.3) is 0 Å². The Bertz CT molecular complexity index is 686. The molecular formula is C18H21ClN2O2. The lowest BCUT2D eigenvalue weighted by Gasteiger charge is -2.21. The van der Waals surface area contributed by atoms with Gasteiger partial charge in [-0.05, 0) is 44.0 Å². The van der Waals surface area contributed by atoms with Gasteiger partial charge in [-0.15, -0.1) is 0 Å². The van der Waals surface area contributed by atoms with E-state index in [1.807, 2.05) is 44.2 Å². The minimum Gasteiger partial charge on any atom is -0.386 e. The van der Waals surface area contributed by atoms with Gasteiger partial charge in [0.15, 0.2) is 0 Å². The standard InChI is InChI=1S/C18H21ClN2O2/c1-11-4-7-14(8-5-11)17(22)13(3)20-18(23)21-15-9-6-12(2)16(19)10-15/h4-10,13,17,22H,1-3H3,(H2,20,21,23). The van der Waals surface area contributed by atoms with Crippen LogP contribution in [0.4, 0.5) is 10.5 Å². The van der Waals surface area contributed by atoms with Crippen LogP contribution >= 0.6 is 11.6 Å². The number of aliphatic hydroxyl groups excluding tert-OH is 1. The topological polar surface area (TPSA) is 61.4 Å². The molecule has 3 N–H and O–H groups in total. The lowest BCUT2D eigenvalue weighted by molar-refractivity contribution is 0.139. The van der Waals surface area contributed by atoms with Crippen LogP contribution in [-0.4, -0.2) is 17.2 Å². The molecular weight excluding hydrogens is 312 g/mol. The van der Waals surface area contributed by atoms with Crippen LogP contribution in [0.3, 0.4) is 0 Å². The van der Waals surface area contributed by atoms with Gasteiger partial charge in [0.25, 0.3) is 0 Å². The molecule has 122 valence electrons. The number of hydrogen-bond donors (Lipinski definition) is 3. The number of nitrogens with one attached hydrogen (secondary N) is 2. The van der Waals surface area contributed by atoms with Gasteiger partial charge in [0.05, 0.1) is 12.1 Å². The molecule has 2 unspecified atom stereocenters. The number of carbonyl (C=O) groups is 1. The summed E-state index contributed by atoms with van der Waals surface area (Å²) >= 11 is 6.03. The molecule has 2 rings (SSSR count). The van der Waals surface area contributed by atoms with E-state index in [-0.39, 0.29) is 6.03 Å². The predicted octanol–water partition coefficient (Wildman–Crippen LogP) is 4.20. The third kappa shape index (κ3) is 4.71. The summed E-state index contributed by atoms with van der Waals surface area (Å²) in [5.41, 5.74) is 3.44. The fraction of sp³-hybridized carbons (Fsp3) is 0.278. The highest BCUT2D eigenvalue weighted by molar-refractivity contribution is 6.31. The van der Waals surface area contributed by atoms with Crippen molar-refractivity contribution in [3.05, 3.63) is 64.2 Å². The number of halogens is 1. The van der Waals surface area contributed by atoms with Crippen molar-refractivity contribution in [2.75, 3.05) is 5.32 Å². The lowest BCUT2D eigenvalue weighted by atomic mass is 10.0. The first-order valence-electron chi connectivity index (χ1n) is 7.45. The number of amides is 2. The van der Waals surface area contributed by atoms with Crippen LogP contribution in [0.15, 0.2) is 42.5 Å². The second-order valence-corrected chi connectivity index (χ2v) is 6.11. The molecule has 0 aliphatic rings. The quantitative estimate of drug-likeness (QED) is 0.785. The number of benzene rings is 2. The highest BCUT2D eigenvalue weighted by Crippen LogP contribution is 2.20. The summed E-state index contributed by atoms with van der Waals surface area (Å²) in [6.45, 7) is 5.64. The normalized spacial score (nSPS) is 13.3. The van der Waals surface area contributed by atoms with Gasteiger partial charge >= 0.3 is 6.03 Å². The molecule has 2 atom stereocenters. The minimum atomic E-state index is -0.775. The van der Waals surface area contributed by atoms with E-state index in [4.69, 9.17) is 11.6 Å². The highest BCUT2D eigenvalue weighted by atomic mass is 35.5. The molecule has 2 amide bonds. The third-order valence-electron chi connectivity index (χ3n) is 3.68. The first-order valence-corrected chi connectivity index (χ1v) is 7.83. The van der Waals surface area contributed by atoms with E-state index >= 15 is 0 Å². The summed E-state index contributed by atoms with van der Waals surface area (Å²) in [7, 11) is 0. The number of aryl methyl sites for hydroxylation is 2. The monoisotopic (exact) mass is 332 g/mol. The summed E-state index contributed by atoms with van der Waals surface area (Å²) in [6, 6.07) is 12.1. The van der Waals surface area contributed by atoms with E-state index < -0.39 is 12.1 Å². The number of urea groups is 1. The number of carbonyl (C=O) groups excluding carboxylic acids is 1. The fourth-order valence-electron chi connectivity index (χ4n) is 2.18. The SMILES string of the molecule is Cc1ccc(C(O)C(C)NC(=O)Nc2ccc(C)c(Cl)c2)cc1. The van der Waals surface area contributed by atoms with E-state index in [9.17, 15) is 9.90 Å². The molecule has 23 heavy (non-hydrogen) atoms. The Morgan fingerprint density at radius 3 is 2.39 bits per heavy atom. The number of anilines is 1. The predicted molar refractivity (Wildman–Crippen MR) is 93.9 cm³/mol. The van der Waals surface area contributed by atoms with Gasteiger partial charge in [-0.1, -0.05) is 47.5 Å². The van der Waals surface area contributed by atoms with E-state index in [1.165, 1.54) is 0 Å². The van der Waals surface area contributed by atoms with E-state index in [0.29, 0.717) is 10.7 Å². The molecule has 0 fully saturated rings. The summed E-state index contributed by atoms with van der Waals surface area (Å²) < 4.78 is 0. The highest BCUT2D eigenvalue weighted by Gasteiger charge is 2.18. The zero-order valence-electron chi connectivity index (χ0n) is 13.4. The van der Waals surface area contributed by atoms with E-state index in [0.717, 1.165) is 16.7 Å². The van der Waals surface area contributed by atoms with Gasteiger partial charge in [0.2, 0.25) is 0 Å². The van der Waals surface area contributed by atoms with Crippen LogP contribution in [0.5, 0.6) is 0 Å². The van der Waals surface area contributed by atoms with E-state index in [2.05, 4.69) is 10.6 Å². The summed E-state index contributed by atoms with van der Waals surface area (Å²) in [5.74, 6) is 0. The molecule has 0 saturated heterocycles. The average Bonchev–Trinajstić information content (AvgIpc) is 2.51. The Kier molecular flexibility index (Phi) is 5.64. The Morgan fingerprint density at radius 1 is 1.13 bits per heavy atom. The summed E-state index contributed by atoms with van der Waals surface area (Å²) in [6.07, 6.45) is -0.775. The van der Waals surface area contributed by atoms with Crippen molar-refractivity contribution in [1.82, 2.24) is 5.32 Å². The molecule has 0 heterocycles. The van der Waals surface area contributed by atoms with Crippen LogP contribution in [0.1, 0.15) is 29.7 Å². The smallest absolute Gasteiger partial charge is 0.319 e. The van der Waals surface area contributed by atoms with Crippen molar-refractivity contribution < 1.29 is 9.90 Å². The molecule has 0 aromatic heterocycles. The first-order chi connectivity index (χ1) is 10.9. The number of aliphatic hydroxyl groups is 1.